The molecule has 1 rings (SSSR count). The molecular formula is C31H58N+. The molecule has 1 unspecified atom stereocenters. The Morgan fingerprint density at radius 3 is 1.31 bits per heavy atom. The van der Waals surface area contributed by atoms with Crippen LogP contribution < -0.4 is 0 Å². The first-order chi connectivity index (χ1) is 15.7. The van der Waals surface area contributed by atoms with Crippen molar-refractivity contribution in [1.82, 2.24) is 0 Å². The molecule has 0 amide bonds. The van der Waals surface area contributed by atoms with E-state index < -0.39 is 0 Å². The molecule has 0 heterocycles. The van der Waals surface area contributed by atoms with Crippen molar-refractivity contribution in [2.75, 3.05) is 19.6 Å². The molecule has 0 saturated heterocycles. The molecule has 0 N–H and O–H groups in total. The van der Waals surface area contributed by atoms with Crippen molar-refractivity contribution in [1.29, 1.82) is 0 Å². The number of unbranched alkanes of at least 4 members (excludes halogenated alkanes) is 12. The van der Waals surface area contributed by atoms with Crippen LogP contribution in [0, 0.1) is 0 Å². The first-order valence-corrected chi connectivity index (χ1v) is 14.6. The van der Waals surface area contributed by atoms with Gasteiger partial charge in [-0.05, 0) is 44.9 Å². The van der Waals surface area contributed by atoms with Crippen molar-refractivity contribution in [3.8, 4) is 0 Å². The van der Waals surface area contributed by atoms with Crippen LogP contribution in [0.2, 0.25) is 0 Å². The van der Waals surface area contributed by atoms with E-state index in [4.69, 9.17) is 0 Å². The Morgan fingerprint density at radius 1 is 0.500 bits per heavy atom. The predicted octanol–water partition coefficient (Wildman–Crippen LogP) is 10.3. The van der Waals surface area contributed by atoms with Crippen molar-refractivity contribution >= 4 is 0 Å². The zero-order valence-electron chi connectivity index (χ0n) is 22.6. The maximum absolute atomic E-state index is 2.45. The highest BCUT2D eigenvalue weighted by Gasteiger charge is 2.36. The van der Waals surface area contributed by atoms with Gasteiger partial charge in [-0.25, -0.2) is 0 Å². The molecule has 1 nitrogen and oxygen atoms in total. The first-order valence-electron chi connectivity index (χ1n) is 14.6. The van der Waals surface area contributed by atoms with Gasteiger partial charge >= 0.3 is 0 Å². The van der Waals surface area contributed by atoms with E-state index in [0.717, 1.165) is 0 Å². The van der Waals surface area contributed by atoms with Gasteiger partial charge in [0.1, 0.15) is 6.04 Å². The first kappa shape index (κ1) is 29.2. The third-order valence-corrected chi connectivity index (χ3v) is 7.55. The highest BCUT2D eigenvalue weighted by atomic mass is 15.4. The summed E-state index contributed by atoms with van der Waals surface area (Å²) in [7, 11) is 0. The molecule has 1 aromatic rings. The summed E-state index contributed by atoms with van der Waals surface area (Å²) in [6.45, 7) is 13.6. The van der Waals surface area contributed by atoms with Gasteiger partial charge < -0.3 is 4.48 Å². The van der Waals surface area contributed by atoms with Gasteiger partial charge in [0, 0.05) is 12.0 Å². The number of hydrogen-bond donors (Lipinski definition) is 0. The van der Waals surface area contributed by atoms with Crippen LogP contribution in [-0.2, 0) is 0 Å². The second kappa shape index (κ2) is 19.6. The Balaban J connectivity index is 3.15. The minimum Gasteiger partial charge on any atom is -0.317 e. The summed E-state index contributed by atoms with van der Waals surface area (Å²) >= 11 is 0. The van der Waals surface area contributed by atoms with Crippen LogP contribution in [-0.4, -0.2) is 24.1 Å². The summed E-state index contributed by atoms with van der Waals surface area (Å²) in [4.78, 5) is 0. The summed E-state index contributed by atoms with van der Waals surface area (Å²) in [5.41, 5.74) is 1.62. The van der Waals surface area contributed by atoms with Crippen LogP contribution in [0.1, 0.15) is 148 Å². The van der Waals surface area contributed by atoms with E-state index in [-0.39, 0.29) is 0 Å². The SMILES string of the molecule is CCCCCCC(c1ccccc1)[N+](CCCCCC)(CCCCCC)CCCCCC. The zero-order valence-corrected chi connectivity index (χ0v) is 22.6. The van der Waals surface area contributed by atoms with Crippen molar-refractivity contribution in [2.45, 2.75) is 143 Å². The van der Waals surface area contributed by atoms with Gasteiger partial charge in [-0.1, -0.05) is 116 Å². The fraction of sp³-hybridized carbons (Fsp3) is 0.806. The lowest BCUT2D eigenvalue weighted by molar-refractivity contribution is -0.958. The van der Waals surface area contributed by atoms with Gasteiger partial charge in [-0.15, -0.1) is 0 Å². The van der Waals surface area contributed by atoms with E-state index in [2.05, 4.69) is 58.0 Å². The Bertz CT molecular complexity index is 477. The number of benzene rings is 1. The van der Waals surface area contributed by atoms with Crippen LogP contribution in [0.4, 0.5) is 0 Å². The lowest BCUT2D eigenvalue weighted by Crippen LogP contribution is -2.52. The topological polar surface area (TPSA) is 0 Å². The third-order valence-electron chi connectivity index (χ3n) is 7.55. The fourth-order valence-electron chi connectivity index (χ4n) is 5.56. The van der Waals surface area contributed by atoms with Crippen LogP contribution >= 0.6 is 0 Å². The van der Waals surface area contributed by atoms with E-state index in [0.29, 0.717) is 6.04 Å². The molecule has 0 aliphatic carbocycles. The number of quaternary nitrogens is 1. The maximum Gasteiger partial charge on any atom is 0.115 e. The molecule has 0 fully saturated rings. The molecule has 0 radical (unpaired) electrons. The zero-order chi connectivity index (χ0) is 23.3. The van der Waals surface area contributed by atoms with Crippen LogP contribution in [0.5, 0.6) is 0 Å². The molecule has 0 aromatic heterocycles. The second-order valence-electron chi connectivity index (χ2n) is 10.3. The molecule has 32 heavy (non-hydrogen) atoms. The molecule has 1 heteroatoms. The molecule has 0 spiro atoms. The Morgan fingerprint density at radius 2 is 0.906 bits per heavy atom. The fourth-order valence-corrected chi connectivity index (χ4v) is 5.56. The van der Waals surface area contributed by atoms with Gasteiger partial charge in [0.15, 0.2) is 0 Å². The number of nitrogens with zero attached hydrogens (tertiary/aromatic N) is 1. The third kappa shape index (κ3) is 11.9. The molecule has 186 valence electrons. The summed E-state index contributed by atoms with van der Waals surface area (Å²) in [6.07, 6.45) is 23.6. The minimum atomic E-state index is 0.693. The molecule has 0 saturated carbocycles. The lowest BCUT2D eigenvalue weighted by atomic mass is 9.93. The summed E-state index contributed by atoms with van der Waals surface area (Å²) in [5.74, 6) is 0. The van der Waals surface area contributed by atoms with Gasteiger partial charge in [0.25, 0.3) is 0 Å². The molecule has 0 bridgehead atoms. The average Bonchev–Trinajstić information content (AvgIpc) is 2.82. The molecule has 0 aliphatic rings. The summed E-state index contributed by atoms with van der Waals surface area (Å²) < 4.78 is 1.37. The monoisotopic (exact) mass is 444 g/mol. The van der Waals surface area contributed by atoms with Gasteiger partial charge in [0.2, 0.25) is 0 Å². The van der Waals surface area contributed by atoms with Crippen LogP contribution in [0.15, 0.2) is 30.3 Å². The molecular weight excluding hydrogens is 386 g/mol. The largest absolute Gasteiger partial charge is 0.317 e. The smallest absolute Gasteiger partial charge is 0.115 e. The second-order valence-corrected chi connectivity index (χ2v) is 10.3. The van der Waals surface area contributed by atoms with Crippen molar-refractivity contribution in [2.24, 2.45) is 0 Å². The summed E-state index contributed by atoms with van der Waals surface area (Å²) in [5, 5.41) is 0. The molecule has 0 aliphatic heterocycles. The van der Waals surface area contributed by atoms with E-state index in [1.807, 2.05) is 0 Å². The van der Waals surface area contributed by atoms with Crippen LogP contribution in [0.25, 0.3) is 0 Å². The summed E-state index contributed by atoms with van der Waals surface area (Å²) in [6, 6.07) is 12.4. The predicted molar refractivity (Wildman–Crippen MR) is 145 cm³/mol. The van der Waals surface area contributed by atoms with E-state index in [1.165, 1.54) is 133 Å². The standard InChI is InChI=1S/C31H58N/c1-5-9-13-20-26-31(30-24-18-17-19-25-30)32(27-21-14-10-6-2,28-22-15-11-7-3)29-23-16-12-8-4/h17-19,24-25,31H,5-16,20-23,26-29H2,1-4H3/q+1. The van der Waals surface area contributed by atoms with Crippen molar-refractivity contribution in [3.63, 3.8) is 0 Å². The van der Waals surface area contributed by atoms with Crippen LogP contribution in [0.3, 0.4) is 0 Å². The maximum atomic E-state index is 2.45. The highest BCUT2D eigenvalue weighted by molar-refractivity contribution is 5.17. The quantitative estimate of drug-likeness (QED) is 0.123. The van der Waals surface area contributed by atoms with Gasteiger partial charge in [-0.3, -0.25) is 0 Å². The highest BCUT2D eigenvalue weighted by Crippen LogP contribution is 2.36. The Kier molecular flexibility index (Phi) is 17.9. The average molecular weight is 445 g/mol. The normalized spacial score (nSPS) is 12.9. The van der Waals surface area contributed by atoms with Crippen molar-refractivity contribution < 1.29 is 4.48 Å². The molecule has 1 atom stereocenters. The van der Waals surface area contributed by atoms with Crippen molar-refractivity contribution in [3.05, 3.63) is 35.9 Å². The minimum absolute atomic E-state index is 0.693. The number of rotatable bonds is 22. The van der Waals surface area contributed by atoms with Gasteiger partial charge in [-0.2, -0.15) is 0 Å². The van der Waals surface area contributed by atoms with Gasteiger partial charge in [0.05, 0.1) is 19.6 Å². The van der Waals surface area contributed by atoms with E-state index >= 15 is 0 Å². The Labute approximate surface area is 203 Å². The molecule has 1 aromatic carbocycles. The van der Waals surface area contributed by atoms with E-state index in [1.54, 1.807) is 5.56 Å². The van der Waals surface area contributed by atoms with E-state index in [9.17, 15) is 0 Å². The lowest BCUT2D eigenvalue weighted by Gasteiger charge is -2.46. The Hall–Kier alpha value is -0.820. The number of hydrogen-bond acceptors (Lipinski definition) is 0.